The van der Waals surface area contributed by atoms with Crippen LogP contribution in [0.1, 0.15) is 36.9 Å². The Kier molecular flexibility index (Phi) is 4.26. The summed E-state index contributed by atoms with van der Waals surface area (Å²) in [7, 11) is 0. The van der Waals surface area contributed by atoms with Crippen molar-refractivity contribution < 1.29 is 0 Å². The molecule has 0 saturated heterocycles. The Morgan fingerprint density at radius 1 is 1.00 bits per heavy atom. The molecule has 3 aromatic heterocycles. The molecule has 2 aliphatic rings. The van der Waals surface area contributed by atoms with E-state index in [-0.39, 0.29) is 5.54 Å². The summed E-state index contributed by atoms with van der Waals surface area (Å²) in [6.45, 7) is 0.939. The van der Waals surface area contributed by atoms with Crippen LogP contribution in [-0.2, 0) is 5.54 Å². The van der Waals surface area contributed by atoms with Gasteiger partial charge >= 0.3 is 0 Å². The zero-order valence-corrected chi connectivity index (χ0v) is 17.8. The molecule has 1 aromatic carbocycles. The molecule has 6 rings (SSSR count). The second-order valence-electron chi connectivity index (χ2n) is 8.68. The monoisotopic (exact) mass is 423 g/mol. The van der Waals surface area contributed by atoms with Crippen LogP contribution in [0.2, 0.25) is 0 Å². The lowest BCUT2D eigenvalue weighted by molar-refractivity contribution is 0.253. The van der Waals surface area contributed by atoms with E-state index < -0.39 is 0 Å². The minimum atomic E-state index is -0.195. The Labute approximate surface area is 186 Å². The molecule has 32 heavy (non-hydrogen) atoms. The largest absolute Gasteiger partial charge is 0.390 e. The Morgan fingerprint density at radius 3 is 2.53 bits per heavy atom. The summed E-state index contributed by atoms with van der Waals surface area (Å²) in [5.74, 6) is 1.17. The van der Waals surface area contributed by atoms with Gasteiger partial charge < -0.3 is 16.8 Å². The highest BCUT2D eigenvalue weighted by Gasteiger charge is 2.34. The van der Waals surface area contributed by atoms with Gasteiger partial charge in [-0.2, -0.15) is 0 Å². The minimum Gasteiger partial charge on any atom is -0.390 e. The lowest BCUT2D eigenvalue weighted by atomic mass is 9.73. The third-order valence-electron chi connectivity index (χ3n) is 6.67. The Bertz CT molecular complexity index is 1350. The van der Waals surface area contributed by atoms with E-state index in [0.717, 1.165) is 59.7 Å². The third kappa shape index (κ3) is 2.97. The van der Waals surface area contributed by atoms with Crippen molar-refractivity contribution in [3.05, 3.63) is 72.2 Å². The van der Waals surface area contributed by atoms with Crippen LogP contribution in [-0.4, -0.2) is 26.1 Å². The predicted octanol–water partition coefficient (Wildman–Crippen LogP) is 3.74. The molecule has 160 valence electrons. The van der Waals surface area contributed by atoms with E-state index in [2.05, 4.69) is 39.1 Å². The van der Waals surface area contributed by atoms with Crippen LogP contribution in [0, 0.1) is 0 Å². The van der Waals surface area contributed by atoms with E-state index in [9.17, 15) is 0 Å². The van der Waals surface area contributed by atoms with E-state index in [0.29, 0.717) is 5.82 Å². The number of benzene rings is 1. The minimum absolute atomic E-state index is 0.195. The summed E-state index contributed by atoms with van der Waals surface area (Å²) in [6, 6.07) is 16.3. The molecule has 1 aliphatic heterocycles. The second-order valence-corrected chi connectivity index (χ2v) is 8.68. The number of nitrogens with zero attached hydrogens (tertiary/aromatic N) is 4. The van der Waals surface area contributed by atoms with Gasteiger partial charge in [-0.1, -0.05) is 12.1 Å². The highest BCUT2D eigenvalue weighted by atomic mass is 15.1. The van der Waals surface area contributed by atoms with Gasteiger partial charge in [-0.15, -0.1) is 0 Å². The van der Waals surface area contributed by atoms with Gasteiger partial charge in [-0.05, 0) is 73.2 Å². The van der Waals surface area contributed by atoms with Gasteiger partial charge in [0.2, 0.25) is 0 Å². The highest BCUT2D eigenvalue weighted by molar-refractivity contribution is 5.84. The van der Waals surface area contributed by atoms with E-state index in [1.54, 1.807) is 6.20 Å². The maximum atomic E-state index is 6.55. The fraction of sp³-hybridized carbons (Fsp3) is 0.240. The number of nitrogen functional groups attached to an aromatic ring is 1. The van der Waals surface area contributed by atoms with Gasteiger partial charge in [0.05, 0.1) is 11.3 Å². The number of aromatic nitrogens is 4. The normalized spacial score (nSPS) is 17.1. The molecule has 4 aromatic rings. The van der Waals surface area contributed by atoms with Crippen molar-refractivity contribution in [2.75, 3.05) is 12.3 Å². The Hall–Kier alpha value is -3.71. The maximum Gasteiger partial charge on any atom is 0.165 e. The fourth-order valence-corrected chi connectivity index (χ4v) is 4.63. The van der Waals surface area contributed by atoms with Crippen molar-refractivity contribution >= 4 is 22.6 Å². The summed E-state index contributed by atoms with van der Waals surface area (Å²) in [6.07, 6.45) is 7.95. The average Bonchev–Trinajstić information content (AvgIpc) is 3.46. The van der Waals surface area contributed by atoms with E-state index in [1.807, 2.05) is 30.5 Å². The van der Waals surface area contributed by atoms with E-state index in [1.165, 1.54) is 17.6 Å². The number of imidazole rings is 1. The van der Waals surface area contributed by atoms with Crippen LogP contribution in [0.3, 0.4) is 0 Å². The summed E-state index contributed by atoms with van der Waals surface area (Å²) in [5, 5.41) is 3.27. The summed E-state index contributed by atoms with van der Waals surface area (Å²) in [4.78, 5) is 14.2. The van der Waals surface area contributed by atoms with Crippen molar-refractivity contribution in [3.63, 3.8) is 0 Å². The molecule has 0 bridgehead atoms. The number of rotatable bonds is 4. The fourth-order valence-electron chi connectivity index (χ4n) is 4.63. The maximum absolute atomic E-state index is 6.55. The molecule has 1 aliphatic carbocycles. The predicted molar refractivity (Wildman–Crippen MR) is 127 cm³/mol. The molecule has 0 amide bonds. The molecule has 0 radical (unpaired) electrons. The number of hydrogen-bond donors (Lipinski definition) is 3. The van der Waals surface area contributed by atoms with E-state index in [4.69, 9.17) is 21.4 Å². The zero-order chi connectivity index (χ0) is 21.7. The Morgan fingerprint density at radius 2 is 1.84 bits per heavy atom. The van der Waals surface area contributed by atoms with Gasteiger partial charge in [0.1, 0.15) is 11.3 Å². The molecule has 5 N–H and O–H groups in total. The summed E-state index contributed by atoms with van der Waals surface area (Å²) in [5.41, 5.74) is 19.3. The first-order valence-electron chi connectivity index (χ1n) is 11.1. The standard InChI is InChI=1S/C25H25N7/c26-22-19(3-1-13-29-22)23-31-21-9-8-20(16-10-14-28-15-16)30-24(21)32(23)18-6-4-17(5-7-18)25(27)11-2-12-25/h1,3-9,13,15,28H,2,10-12,14,27H2,(H2,26,29). The average molecular weight is 424 g/mol. The quantitative estimate of drug-likeness (QED) is 0.462. The highest BCUT2D eigenvalue weighted by Crippen LogP contribution is 2.39. The van der Waals surface area contributed by atoms with Crippen LogP contribution in [0.4, 0.5) is 5.82 Å². The smallest absolute Gasteiger partial charge is 0.165 e. The summed E-state index contributed by atoms with van der Waals surface area (Å²) < 4.78 is 2.07. The van der Waals surface area contributed by atoms with Gasteiger partial charge in [-0.25, -0.2) is 15.0 Å². The lowest BCUT2D eigenvalue weighted by Gasteiger charge is -2.38. The molecular formula is C25H25N7. The van der Waals surface area contributed by atoms with Gasteiger partial charge in [-0.3, -0.25) is 4.57 Å². The molecule has 1 saturated carbocycles. The van der Waals surface area contributed by atoms with E-state index >= 15 is 0 Å². The van der Waals surface area contributed by atoms with Crippen LogP contribution in [0.5, 0.6) is 0 Å². The Balaban J connectivity index is 1.55. The number of anilines is 1. The van der Waals surface area contributed by atoms with Gasteiger partial charge in [0.25, 0.3) is 0 Å². The third-order valence-corrected chi connectivity index (χ3v) is 6.67. The molecule has 0 unspecified atom stereocenters. The molecular weight excluding hydrogens is 398 g/mol. The first-order chi connectivity index (χ1) is 15.6. The van der Waals surface area contributed by atoms with Crippen molar-refractivity contribution in [1.82, 2.24) is 24.8 Å². The molecule has 7 nitrogen and oxygen atoms in total. The molecule has 0 atom stereocenters. The van der Waals surface area contributed by atoms with Crippen LogP contribution >= 0.6 is 0 Å². The number of pyridine rings is 2. The SMILES string of the molecule is Nc1ncccc1-c1nc2ccc(C3=CNCC3)nc2n1-c1ccc(C2(N)CCC2)cc1. The van der Waals surface area contributed by atoms with Crippen LogP contribution in [0.25, 0.3) is 33.8 Å². The van der Waals surface area contributed by atoms with Crippen LogP contribution < -0.4 is 16.8 Å². The first-order valence-corrected chi connectivity index (χ1v) is 11.1. The number of nitrogens with one attached hydrogen (secondary N) is 1. The number of nitrogens with two attached hydrogens (primary N) is 2. The zero-order valence-electron chi connectivity index (χ0n) is 17.8. The second kappa shape index (κ2) is 7.17. The lowest BCUT2D eigenvalue weighted by Crippen LogP contribution is -2.43. The van der Waals surface area contributed by atoms with Crippen LogP contribution in [0.15, 0.2) is 60.9 Å². The van der Waals surface area contributed by atoms with Crippen molar-refractivity contribution in [2.45, 2.75) is 31.2 Å². The number of hydrogen-bond acceptors (Lipinski definition) is 6. The van der Waals surface area contributed by atoms with Gasteiger partial charge in [0, 0.05) is 30.2 Å². The molecule has 0 spiro atoms. The first kappa shape index (κ1) is 19.0. The molecule has 4 heterocycles. The number of fused-ring (bicyclic) bond motifs is 1. The van der Waals surface area contributed by atoms with Crippen molar-refractivity contribution in [2.24, 2.45) is 5.73 Å². The summed E-state index contributed by atoms with van der Waals surface area (Å²) >= 11 is 0. The molecule has 1 fully saturated rings. The molecule has 7 heteroatoms. The van der Waals surface area contributed by atoms with Gasteiger partial charge in [0.15, 0.2) is 11.5 Å². The van der Waals surface area contributed by atoms with Crippen molar-refractivity contribution in [3.8, 4) is 17.1 Å². The van der Waals surface area contributed by atoms with Crippen molar-refractivity contribution in [1.29, 1.82) is 0 Å². The topological polar surface area (TPSA) is 108 Å².